The minimum absolute atomic E-state index is 0.585. The lowest BCUT2D eigenvalue weighted by Gasteiger charge is -1.91. The van der Waals surface area contributed by atoms with Gasteiger partial charge in [0.1, 0.15) is 0 Å². The van der Waals surface area contributed by atoms with E-state index >= 15 is 0 Å². The number of aromatic nitrogens is 3. The third kappa shape index (κ3) is 1.38. The van der Waals surface area contributed by atoms with Gasteiger partial charge in [-0.15, -0.1) is 5.10 Å². The third-order valence-electron chi connectivity index (χ3n) is 1.51. The number of aromatic amines is 1. The number of hydrogen-bond donors (Lipinski definition) is 1. The van der Waals surface area contributed by atoms with Crippen LogP contribution in [-0.2, 0) is 0 Å². The molecular weight excluding hydrogens is 218 g/mol. The summed E-state index contributed by atoms with van der Waals surface area (Å²) in [6, 6.07) is 9.85. The second-order valence-electron chi connectivity index (χ2n) is 2.32. The maximum Gasteiger partial charge on any atom is 0.217 e. The molecule has 0 saturated carbocycles. The second kappa shape index (κ2) is 3.06. The van der Waals surface area contributed by atoms with Crippen molar-refractivity contribution in [3.8, 4) is 11.4 Å². The van der Waals surface area contributed by atoms with Crippen LogP contribution in [0.1, 0.15) is 0 Å². The molecule has 0 radical (unpaired) electrons. The molecule has 0 saturated heterocycles. The van der Waals surface area contributed by atoms with Crippen molar-refractivity contribution in [2.45, 2.75) is 0 Å². The maximum absolute atomic E-state index is 4.13. The fourth-order valence-electron chi connectivity index (χ4n) is 0.966. The van der Waals surface area contributed by atoms with E-state index in [2.05, 4.69) is 31.1 Å². The van der Waals surface area contributed by atoms with Crippen molar-refractivity contribution in [3.63, 3.8) is 0 Å². The molecule has 0 spiro atoms. The zero-order valence-electron chi connectivity index (χ0n) is 6.16. The summed E-state index contributed by atoms with van der Waals surface area (Å²) in [4.78, 5) is 4.13. The van der Waals surface area contributed by atoms with Gasteiger partial charge in [-0.2, -0.15) is 0 Å². The van der Waals surface area contributed by atoms with Crippen molar-refractivity contribution in [2.75, 3.05) is 0 Å². The summed E-state index contributed by atoms with van der Waals surface area (Å²) in [7, 11) is 0. The Balaban J connectivity index is 2.45. The average molecular weight is 224 g/mol. The summed E-state index contributed by atoms with van der Waals surface area (Å²) in [5, 5.41) is 6.69. The Bertz CT molecular complexity index is 369. The molecule has 12 heavy (non-hydrogen) atoms. The summed E-state index contributed by atoms with van der Waals surface area (Å²) >= 11 is 3.18. The van der Waals surface area contributed by atoms with Crippen LogP contribution < -0.4 is 0 Å². The largest absolute Gasteiger partial charge is 0.258 e. The fourth-order valence-corrected chi connectivity index (χ4v) is 1.23. The van der Waals surface area contributed by atoms with E-state index in [4.69, 9.17) is 0 Å². The number of halogens is 1. The van der Waals surface area contributed by atoms with Gasteiger partial charge in [0.2, 0.25) is 4.73 Å². The highest BCUT2D eigenvalue weighted by molar-refractivity contribution is 9.10. The first-order chi connectivity index (χ1) is 5.86. The fraction of sp³-hybridized carbons (Fsp3) is 0. The summed E-state index contributed by atoms with van der Waals surface area (Å²) in [5.74, 6) is 0.780. The van der Waals surface area contributed by atoms with Crippen molar-refractivity contribution in [1.29, 1.82) is 0 Å². The predicted octanol–water partition coefficient (Wildman–Crippen LogP) is 2.23. The van der Waals surface area contributed by atoms with E-state index < -0.39 is 0 Å². The number of hydrogen-bond acceptors (Lipinski definition) is 2. The standard InChI is InChI=1S/C8H6BrN3/c9-8-10-7(11-12-8)6-4-2-1-3-5-6/h1-5H,(H,10,11,12). The molecule has 1 N–H and O–H groups in total. The zero-order valence-corrected chi connectivity index (χ0v) is 7.75. The molecule has 2 rings (SSSR count). The van der Waals surface area contributed by atoms with Gasteiger partial charge in [0.05, 0.1) is 0 Å². The number of rotatable bonds is 1. The summed E-state index contributed by atoms with van der Waals surface area (Å²) in [6.07, 6.45) is 0. The Morgan fingerprint density at radius 1 is 1.17 bits per heavy atom. The summed E-state index contributed by atoms with van der Waals surface area (Å²) in [5.41, 5.74) is 1.04. The number of nitrogens with zero attached hydrogens (tertiary/aromatic N) is 2. The first-order valence-electron chi connectivity index (χ1n) is 3.49. The lowest BCUT2D eigenvalue weighted by Crippen LogP contribution is -1.78. The van der Waals surface area contributed by atoms with Crippen molar-refractivity contribution in [2.24, 2.45) is 0 Å². The van der Waals surface area contributed by atoms with Gasteiger partial charge < -0.3 is 0 Å². The van der Waals surface area contributed by atoms with Gasteiger partial charge in [0.15, 0.2) is 5.82 Å². The summed E-state index contributed by atoms with van der Waals surface area (Å²) < 4.78 is 0.585. The highest BCUT2D eigenvalue weighted by Gasteiger charge is 2.00. The maximum atomic E-state index is 4.13. The van der Waals surface area contributed by atoms with Crippen LogP contribution in [0.4, 0.5) is 0 Å². The van der Waals surface area contributed by atoms with Gasteiger partial charge >= 0.3 is 0 Å². The normalized spacial score (nSPS) is 10.1. The van der Waals surface area contributed by atoms with Crippen LogP contribution in [0.2, 0.25) is 0 Å². The van der Waals surface area contributed by atoms with Crippen LogP contribution in [-0.4, -0.2) is 15.2 Å². The second-order valence-corrected chi connectivity index (χ2v) is 3.03. The smallest absolute Gasteiger partial charge is 0.217 e. The van der Waals surface area contributed by atoms with E-state index in [-0.39, 0.29) is 0 Å². The molecule has 0 fully saturated rings. The molecule has 0 aliphatic heterocycles. The molecule has 0 bridgehead atoms. The molecule has 2 aromatic rings. The van der Waals surface area contributed by atoms with Gasteiger partial charge in [-0.25, -0.2) is 4.98 Å². The molecule has 0 unspecified atom stereocenters. The van der Waals surface area contributed by atoms with Crippen LogP contribution >= 0.6 is 15.9 Å². The van der Waals surface area contributed by atoms with E-state index in [1.165, 1.54) is 0 Å². The van der Waals surface area contributed by atoms with Gasteiger partial charge in [0.25, 0.3) is 0 Å². The number of benzene rings is 1. The first-order valence-corrected chi connectivity index (χ1v) is 4.29. The quantitative estimate of drug-likeness (QED) is 0.806. The van der Waals surface area contributed by atoms with Crippen LogP contribution in [0.5, 0.6) is 0 Å². The molecule has 60 valence electrons. The van der Waals surface area contributed by atoms with Gasteiger partial charge in [-0.1, -0.05) is 30.3 Å². The van der Waals surface area contributed by atoms with E-state index in [1.807, 2.05) is 30.3 Å². The topological polar surface area (TPSA) is 41.6 Å². The molecule has 1 heterocycles. The Kier molecular flexibility index (Phi) is 1.91. The van der Waals surface area contributed by atoms with Crippen molar-refractivity contribution in [3.05, 3.63) is 35.1 Å². The van der Waals surface area contributed by atoms with E-state index in [9.17, 15) is 0 Å². The monoisotopic (exact) mass is 223 g/mol. The van der Waals surface area contributed by atoms with Crippen LogP contribution in [0.3, 0.4) is 0 Å². The van der Waals surface area contributed by atoms with Crippen molar-refractivity contribution in [1.82, 2.24) is 15.2 Å². The van der Waals surface area contributed by atoms with E-state index in [0.717, 1.165) is 11.4 Å². The highest BCUT2D eigenvalue weighted by Crippen LogP contribution is 2.14. The van der Waals surface area contributed by atoms with Crippen molar-refractivity contribution < 1.29 is 0 Å². The lowest BCUT2D eigenvalue weighted by atomic mass is 10.2. The highest BCUT2D eigenvalue weighted by atomic mass is 79.9. The van der Waals surface area contributed by atoms with Crippen LogP contribution in [0.15, 0.2) is 35.1 Å². The zero-order chi connectivity index (χ0) is 8.39. The molecule has 0 atom stereocenters. The van der Waals surface area contributed by atoms with E-state index in [0.29, 0.717) is 4.73 Å². The minimum Gasteiger partial charge on any atom is -0.258 e. The molecule has 0 amide bonds. The third-order valence-corrected chi connectivity index (χ3v) is 1.86. The number of H-pyrrole nitrogens is 1. The van der Waals surface area contributed by atoms with Crippen LogP contribution in [0.25, 0.3) is 11.4 Å². The van der Waals surface area contributed by atoms with Gasteiger partial charge in [-0.05, 0) is 15.9 Å². The Hall–Kier alpha value is -1.16. The molecule has 1 aromatic heterocycles. The Morgan fingerprint density at radius 3 is 2.50 bits per heavy atom. The Labute approximate surface area is 78.0 Å². The first kappa shape index (κ1) is 7.49. The summed E-state index contributed by atoms with van der Waals surface area (Å²) in [6.45, 7) is 0. The van der Waals surface area contributed by atoms with Crippen molar-refractivity contribution >= 4 is 15.9 Å². The lowest BCUT2D eigenvalue weighted by molar-refractivity contribution is 1.07. The number of nitrogens with one attached hydrogen (secondary N) is 1. The molecule has 1 aromatic carbocycles. The molecule has 4 heteroatoms. The SMILES string of the molecule is Brc1n[nH]c(-c2ccccc2)n1. The molecule has 0 aliphatic carbocycles. The van der Waals surface area contributed by atoms with Gasteiger partial charge in [0, 0.05) is 5.56 Å². The Morgan fingerprint density at radius 2 is 1.92 bits per heavy atom. The minimum atomic E-state index is 0.585. The van der Waals surface area contributed by atoms with Gasteiger partial charge in [-0.3, -0.25) is 5.10 Å². The molecular formula is C8H6BrN3. The molecule has 0 aliphatic rings. The molecule has 3 nitrogen and oxygen atoms in total. The van der Waals surface area contributed by atoms with E-state index in [1.54, 1.807) is 0 Å². The van der Waals surface area contributed by atoms with Crippen LogP contribution in [0, 0.1) is 0 Å². The predicted molar refractivity (Wildman–Crippen MR) is 49.5 cm³/mol. The average Bonchev–Trinajstić information content (AvgIpc) is 2.54.